The maximum atomic E-state index is 12.3. The molecule has 1 N–H and O–H groups in total. The average molecular weight is 322 g/mol. The van der Waals surface area contributed by atoms with Gasteiger partial charge in [0.2, 0.25) is 5.91 Å². The number of nitrogens with zero attached hydrogens (tertiary/aromatic N) is 1. The second kappa shape index (κ2) is 6.97. The first-order valence-electron chi connectivity index (χ1n) is 8.23. The average Bonchev–Trinajstić information content (AvgIpc) is 2.99. The number of anilines is 1. The molecular formula is C20H22N2O2. The van der Waals surface area contributed by atoms with Crippen molar-refractivity contribution in [2.45, 2.75) is 25.8 Å². The second-order valence-corrected chi connectivity index (χ2v) is 6.35. The third-order valence-corrected chi connectivity index (χ3v) is 4.58. The van der Waals surface area contributed by atoms with Crippen molar-refractivity contribution < 1.29 is 9.59 Å². The van der Waals surface area contributed by atoms with Crippen molar-refractivity contribution in [3.63, 3.8) is 0 Å². The summed E-state index contributed by atoms with van der Waals surface area (Å²) in [6, 6.07) is 15.8. The zero-order valence-electron chi connectivity index (χ0n) is 14.1. The number of benzene rings is 2. The van der Waals surface area contributed by atoms with Gasteiger partial charge in [-0.3, -0.25) is 14.5 Å². The predicted octanol–water partition coefficient (Wildman–Crippen LogP) is 3.45. The van der Waals surface area contributed by atoms with E-state index in [0.29, 0.717) is 17.8 Å². The van der Waals surface area contributed by atoms with Crippen LogP contribution in [0.5, 0.6) is 0 Å². The highest BCUT2D eigenvalue weighted by Gasteiger charge is 2.26. The molecule has 0 heterocycles. The van der Waals surface area contributed by atoms with Crippen LogP contribution in [0.1, 0.15) is 40.9 Å². The van der Waals surface area contributed by atoms with Gasteiger partial charge in [-0.15, -0.1) is 0 Å². The summed E-state index contributed by atoms with van der Waals surface area (Å²) in [4.78, 5) is 25.9. The summed E-state index contributed by atoms with van der Waals surface area (Å²) in [7, 11) is 1.98. The van der Waals surface area contributed by atoms with Crippen LogP contribution in [0.4, 0.5) is 5.69 Å². The van der Waals surface area contributed by atoms with Crippen molar-refractivity contribution in [2.75, 3.05) is 18.9 Å². The first-order valence-corrected chi connectivity index (χ1v) is 8.23. The van der Waals surface area contributed by atoms with Crippen LogP contribution in [0.2, 0.25) is 0 Å². The van der Waals surface area contributed by atoms with Gasteiger partial charge in [-0.05, 0) is 50.1 Å². The number of hydrogen-bond donors (Lipinski definition) is 1. The van der Waals surface area contributed by atoms with Crippen LogP contribution in [0.15, 0.2) is 48.5 Å². The summed E-state index contributed by atoms with van der Waals surface area (Å²) < 4.78 is 0. The Hall–Kier alpha value is -2.46. The van der Waals surface area contributed by atoms with E-state index in [1.165, 1.54) is 18.1 Å². The van der Waals surface area contributed by atoms with E-state index in [9.17, 15) is 9.59 Å². The third-order valence-electron chi connectivity index (χ3n) is 4.58. The topological polar surface area (TPSA) is 49.4 Å². The Morgan fingerprint density at radius 1 is 1.17 bits per heavy atom. The molecule has 0 spiro atoms. The van der Waals surface area contributed by atoms with Crippen LogP contribution < -0.4 is 5.32 Å². The van der Waals surface area contributed by atoms with Crippen molar-refractivity contribution >= 4 is 17.4 Å². The molecule has 0 aromatic heterocycles. The van der Waals surface area contributed by atoms with E-state index in [4.69, 9.17) is 0 Å². The van der Waals surface area contributed by atoms with Crippen LogP contribution in [-0.4, -0.2) is 30.2 Å². The normalized spacial score (nSPS) is 16.0. The van der Waals surface area contributed by atoms with Gasteiger partial charge in [-0.1, -0.05) is 36.4 Å². The summed E-state index contributed by atoms with van der Waals surface area (Å²) in [5, 5.41) is 2.88. The van der Waals surface area contributed by atoms with Crippen LogP contribution in [0, 0.1) is 0 Å². The molecule has 0 aliphatic heterocycles. The molecule has 4 nitrogen and oxygen atoms in total. The lowest BCUT2D eigenvalue weighted by Crippen LogP contribution is -2.32. The van der Waals surface area contributed by atoms with Crippen molar-refractivity contribution in [3.8, 4) is 0 Å². The predicted molar refractivity (Wildman–Crippen MR) is 95.2 cm³/mol. The maximum Gasteiger partial charge on any atom is 0.238 e. The van der Waals surface area contributed by atoms with E-state index in [1.54, 1.807) is 24.3 Å². The molecule has 1 atom stereocenters. The van der Waals surface area contributed by atoms with E-state index >= 15 is 0 Å². The highest BCUT2D eigenvalue weighted by molar-refractivity contribution is 5.97. The second-order valence-electron chi connectivity index (χ2n) is 6.35. The van der Waals surface area contributed by atoms with Gasteiger partial charge in [-0.25, -0.2) is 0 Å². The lowest BCUT2D eigenvalue weighted by atomic mass is 10.1. The maximum absolute atomic E-state index is 12.3. The Labute approximate surface area is 142 Å². The number of rotatable bonds is 5. The zero-order valence-corrected chi connectivity index (χ0v) is 14.1. The molecule has 2 aromatic rings. The van der Waals surface area contributed by atoms with Gasteiger partial charge < -0.3 is 5.32 Å². The number of carbonyl (C=O) groups excluding carboxylic acids is 2. The van der Waals surface area contributed by atoms with E-state index in [0.717, 1.165) is 12.8 Å². The number of ketones is 1. The van der Waals surface area contributed by atoms with E-state index in [1.807, 2.05) is 7.05 Å². The number of carbonyl (C=O) groups is 2. The van der Waals surface area contributed by atoms with Crippen molar-refractivity contribution in [1.29, 1.82) is 0 Å². The molecule has 4 heteroatoms. The molecule has 0 bridgehead atoms. The SMILES string of the molecule is CC(=O)c1cccc(NC(=O)CN(C)[C@@H]2CCc3ccccc32)c1. The standard InChI is InChI=1S/C20H22N2O2/c1-14(23)16-7-5-8-17(12-16)21-20(24)13-22(2)19-11-10-15-6-3-4-9-18(15)19/h3-9,12,19H,10-11,13H2,1-2H3,(H,21,24)/t19-/m1/s1. The molecule has 1 aliphatic rings. The van der Waals surface area contributed by atoms with Gasteiger partial charge >= 0.3 is 0 Å². The van der Waals surface area contributed by atoms with Crippen molar-refractivity contribution in [2.24, 2.45) is 0 Å². The molecule has 0 radical (unpaired) electrons. The van der Waals surface area contributed by atoms with Crippen LogP contribution in [-0.2, 0) is 11.2 Å². The molecule has 1 amide bonds. The molecule has 0 saturated heterocycles. The minimum absolute atomic E-state index is 0.00854. The van der Waals surface area contributed by atoms with E-state index in [-0.39, 0.29) is 17.7 Å². The van der Waals surface area contributed by atoms with Crippen LogP contribution in [0.25, 0.3) is 0 Å². The molecule has 24 heavy (non-hydrogen) atoms. The van der Waals surface area contributed by atoms with Gasteiger partial charge in [0.05, 0.1) is 6.54 Å². The monoisotopic (exact) mass is 322 g/mol. The number of amides is 1. The largest absolute Gasteiger partial charge is 0.325 e. The lowest BCUT2D eigenvalue weighted by Gasteiger charge is -2.24. The molecule has 2 aromatic carbocycles. The van der Waals surface area contributed by atoms with Crippen molar-refractivity contribution in [3.05, 3.63) is 65.2 Å². The Morgan fingerprint density at radius 3 is 2.75 bits per heavy atom. The van der Waals surface area contributed by atoms with Gasteiger partial charge in [0.25, 0.3) is 0 Å². The zero-order chi connectivity index (χ0) is 17.1. The molecule has 0 fully saturated rings. The first-order chi connectivity index (χ1) is 11.5. The number of nitrogens with one attached hydrogen (secondary N) is 1. The quantitative estimate of drug-likeness (QED) is 0.858. The molecule has 124 valence electrons. The molecule has 0 unspecified atom stereocenters. The molecular weight excluding hydrogens is 300 g/mol. The van der Waals surface area contributed by atoms with Crippen LogP contribution in [0.3, 0.4) is 0 Å². The number of Topliss-reactive ketones (excluding diaryl/α,β-unsaturated/α-hetero) is 1. The fourth-order valence-electron chi connectivity index (χ4n) is 3.35. The van der Waals surface area contributed by atoms with Gasteiger partial charge in [0.15, 0.2) is 5.78 Å². The minimum atomic E-state index is -0.0671. The van der Waals surface area contributed by atoms with Gasteiger partial charge in [0, 0.05) is 17.3 Å². The number of likely N-dealkylation sites (N-methyl/N-ethyl adjacent to an activating group) is 1. The fourth-order valence-corrected chi connectivity index (χ4v) is 3.35. The van der Waals surface area contributed by atoms with E-state index < -0.39 is 0 Å². The summed E-state index contributed by atoms with van der Waals surface area (Å²) in [6.45, 7) is 1.84. The highest BCUT2D eigenvalue weighted by Crippen LogP contribution is 2.34. The Balaban J connectivity index is 1.63. The first kappa shape index (κ1) is 16.4. The number of fused-ring (bicyclic) bond motifs is 1. The number of hydrogen-bond acceptors (Lipinski definition) is 3. The Morgan fingerprint density at radius 2 is 1.96 bits per heavy atom. The van der Waals surface area contributed by atoms with Gasteiger partial charge in [0.1, 0.15) is 0 Å². The summed E-state index contributed by atoms with van der Waals surface area (Å²) >= 11 is 0. The molecule has 1 aliphatic carbocycles. The summed E-state index contributed by atoms with van der Waals surface area (Å²) in [5.74, 6) is -0.0756. The smallest absolute Gasteiger partial charge is 0.238 e. The molecule has 0 saturated carbocycles. The fraction of sp³-hybridized carbons (Fsp3) is 0.300. The summed E-state index contributed by atoms with van der Waals surface area (Å²) in [5.41, 5.74) is 3.97. The van der Waals surface area contributed by atoms with Gasteiger partial charge in [-0.2, -0.15) is 0 Å². The minimum Gasteiger partial charge on any atom is -0.325 e. The highest BCUT2D eigenvalue weighted by atomic mass is 16.2. The van der Waals surface area contributed by atoms with Crippen LogP contribution >= 0.6 is 0 Å². The molecule has 3 rings (SSSR count). The lowest BCUT2D eigenvalue weighted by molar-refractivity contribution is -0.117. The van der Waals surface area contributed by atoms with E-state index in [2.05, 4.69) is 34.5 Å². The Kier molecular flexibility index (Phi) is 4.76. The Bertz CT molecular complexity index is 770. The van der Waals surface area contributed by atoms with Crippen molar-refractivity contribution in [1.82, 2.24) is 4.90 Å². The summed E-state index contributed by atoms with van der Waals surface area (Å²) in [6.07, 6.45) is 2.11. The number of aryl methyl sites for hydroxylation is 1. The third kappa shape index (κ3) is 3.54.